The lowest BCUT2D eigenvalue weighted by Gasteiger charge is -2.07. The monoisotopic (exact) mass is 407 g/mol. The molecule has 3 aromatic heterocycles. The first-order valence-electron chi connectivity index (χ1n) is 9.43. The van der Waals surface area contributed by atoms with Gasteiger partial charge in [-0.25, -0.2) is 14.2 Å². The van der Waals surface area contributed by atoms with Crippen molar-refractivity contribution in [3.63, 3.8) is 0 Å². The molecule has 1 fully saturated rings. The van der Waals surface area contributed by atoms with Crippen molar-refractivity contribution in [3.8, 4) is 5.88 Å². The predicted octanol–water partition coefficient (Wildman–Crippen LogP) is 0.955. The van der Waals surface area contributed by atoms with E-state index in [1.165, 1.54) is 13.1 Å². The van der Waals surface area contributed by atoms with Crippen molar-refractivity contribution < 1.29 is 9.50 Å². The van der Waals surface area contributed by atoms with Crippen molar-refractivity contribution >= 4 is 23.2 Å². The topological polar surface area (TPSA) is 113 Å². The standard InChI is InChI=1S/C20H18FN7O2/c1-27-19(29)15(25-20(27)30)8-11-10-22-28-17(23-12-6-7-12)9-16(26-18(11)28)24-14-5-3-2-4-13(14)21/h2-5,8-10,12,24,29H,6-7H2,1H3,(H,25,30)/b11-8-,23-17?. The summed E-state index contributed by atoms with van der Waals surface area (Å²) in [6.45, 7) is 0. The van der Waals surface area contributed by atoms with E-state index in [0.29, 0.717) is 27.9 Å². The number of benzene rings is 1. The maximum Gasteiger partial charge on any atom is 0.328 e. The third-order valence-corrected chi connectivity index (χ3v) is 4.88. The molecule has 5 rings (SSSR count). The first-order chi connectivity index (χ1) is 14.5. The van der Waals surface area contributed by atoms with Gasteiger partial charge in [0.05, 0.1) is 17.9 Å². The minimum absolute atomic E-state index is 0.192. The van der Waals surface area contributed by atoms with Crippen LogP contribution in [-0.4, -0.2) is 35.3 Å². The molecule has 0 aliphatic heterocycles. The quantitative estimate of drug-likeness (QED) is 0.466. The number of aromatic nitrogens is 5. The Morgan fingerprint density at radius 2 is 2.17 bits per heavy atom. The maximum absolute atomic E-state index is 14.1. The molecule has 0 radical (unpaired) electrons. The SMILES string of the molecule is Cn1c(O)c(/C=c2/cnn3c(=NC4CC4)cc(Nc4ccccc4F)nc23)[nH]c1=O. The highest BCUT2D eigenvalue weighted by Crippen LogP contribution is 2.23. The van der Waals surface area contributed by atoms with E-state index in [2.05, 4.69) is 25.4 Å². The fraction of sp³-hybridized carbons (Fsp3) is 0.200. The molecule has 0 unspecified atom stereocenters. The molecule has 30 heavy (non-hydrogen) atoms. The first kappa shape index (κ1) is 18.1. The second kappa shape index (κ2) is 6.83. The zero-order valence-electron chi connectivity index (χ0n) is 16.0. The minimum atomic E-state index is -0.436. The van der Waals surface area contributed by atoms with Gasteiger partial charge in [0.15, 0.2) is 11.1 Å². The molecule has 3 N–H and O–H groups in total. The lowest BCUT2D eigenvalue weighted by atomic mass is 10.3. The van der Waals surface area contributed by atoms with Crippen LogP contribution >= 0.6 is 0 Å². The number of rotatable bonds is 4. The Balaban J connectivity index is 1.70. The molecule has 1 aliphatic rings. The number of aromatic amines is 1. The highest BCUT2D eigenvalue weighted by molar-refractivity contribution is 5.61. The van der Waals surface area contributed by atoms with Gasteiger partial charge in [0, 0.05) is 18.3 Å². The van der Waals surface area contributed by atoms with Crippen LogP contribution in [0, 0.1) is 5.82 Å². The Hall–Kier alpha value is -3.95. The first-order valence-corrected chi connectivity index (χ1v) is 9.43. The summed E-state index contributed by atoms with van der Waals surface area (Å²) in [7, 11) is 1.46. The molecule has 152 valence electrons. The van der Waals surface area contributed by atoms with Crippen molar-refractivity contribution in [2.24, 2.45) is 12.0 Å². The highest BCUT2D eigenvalue weighted by Gasteiger charge is 2.20. The fourth-order valence-electron chi connectivity index (χ4n) is 3.10. The van der Waals surface area contributed by atoms with E-state index in [0.717, 1.165) is 17.4 Å². The molecule has 3 heterocycles. The van der Waals surface area contributed by atoms with Crippen molar-refractivity contribution in [2.75, 3.05) is 5.32 Å². The Morgan fingerprint density at radius 1 is 1.37 bits per heavy atom. The number of imidazole rings is 1. The number of H-pyrrole nitrogens is 1. The minimum Gasteiger partial charge on any atom is -0.493 e. The molecule has 0 spiro atoms. The van der Waals surface area contributed by atoms with Gasteiger partial charge < -0.3 is 15.4 Å². The summed E-state index contributed by atoms with van der Waals surface area (Å²) in [5, 5.41) is 18.1. The molecule has 1 aromatic carbocycles. The lowest BCUT2D eigenvalue weighted by molar-refractivity contribution is 0.428. The summed E-state index contributed by atoms with van der Waals surface area (Å²) >= 11 is 0. The zero-order valence-corrected chi connectivity index (χ0v) is 16.0. The number of hydrogen-bond donors (Lipinski definition) is 3. The Bertz CT molecular complexity index is 1450. The number of halogens is 1. The average molecular weight is 407 g/mol. The molecule has 4 aromatic rings. The lowest BCUT2D eigenvalue weighted by Crippen LogP contribution is -2.20. The number of nitrogens with zero attached hydrogens (tertiary/aromatic N) is 5. The van der Waals surface area contributed by atoms with E-state index in [9.17, 15) is 14.3 Å². The summed E-state index contributed by atoms with van der Waals surface area (Å²) in [4.78, 5) is 23.6. The van der Waals surface area contributed by atoms with Gasteiger partial charge in [0.25, 0.3) is 0 Å². The van der Waals surface area contributed by atoms with Crippen molar-refractivity contribution in [2.45, 2.75) is 18.9 Å². The van der Waals surface area contributed by atoms with E-state index >= 15 is 0 Å². The van der Waals surface area contributed by atoms with Gasteiger partial charge in [-0.1, -0.05) is 12.1 Å². The number of anilines is 2. The van der Waals surface area contributed by atoms with Crippen LogP contribution in [0.2, 0.25) is 0 Å². The smallest absolute Gasteiger partial charge is 0.328 e. The fourth-order valence-corrected chi connectivity index (χ4v) is 3.10. The number of aromatic hydroxyl groups is 1. The second-order valence-electron chi connectivity index (χ2n) is 7.17. The largest absolute Gasteiger partial charge is 0.493 e. The Kier molecular flexibility index (Phi) is 4.12. The molecule has 9 nitrogen and oxygen atoms in total. The number of fused-ring (bicyclic) bond motifs is 1. The van der Waals surface area contributed by atoms with Crippen LogP contribution in [0.1, 0.15) is 18.5 Å². The summed E-state index contributed by atoms with van der Waals surface area (Å²) in [6, 6.07) is 8.28. The van der Waals surface area contributed by atoms with Gasteiger partial charge in [0.2, 0.25) is 5.88 Å². The second-order valence-corrected chi connectivity index (χ2v) is 7.17. The zero-order chi connectivity index (χ0) is 20.8. The van der Waals surface area contributed by atoms with Crippen LogP contribution in [-0.2, 0) is 7.05 Å². The third kappa shape index (κ3) is 3.21. The van der Waals surface area contributed by atoms with E-state index in [4.69, 9.17) is 0 Å². The van der Waals surface area contributed by atoms with Gasteiger partial charge in [-0.15, -0.1) is 0 Å². The number of hydrogen-bond acceptors (Lipinski definition) is 6. The molecule has 1 saturated carbocycles. The summed E-state index contributed by atoms with van der Waals surface area (Å²) in [5.74, 6) is -0.178. The van der Waals surface area contributed by atoms with E-state index in [1.54, 1.807) is 41.1 Å². The van der Waals surface area contributed by atoms with Gasteiger partial charge in [-0.05, 0) is 31.1 Å². The van der Waals surface area contributed by atoms with E-state index in [-0.39, 0.29) is 17.6 Å². The van der Waals surface area contributed by atoms with Gasteiger partial charge in [0.1, 0.15) is 17.3 Å². The summed E-state index contributed by atoms with van der Waals surface area (Å²) in [5.41, 5.74) is 1.15. The van der Waals surface area contributed by atoms with Gasteiger partial charge >= 0.3 is 5.69 Å². The molecule has 0 atom stereocenters. The van der Waals surface area contributed by atoms with E-state index in [1.807, 2.05) is 0 Å². The molecular weight excluding hydrogens is 389 g/mol. The van der Waals surface area contributed by atoms with Crippen LogP contribution in [0.15, 0.2) is 46.3 Å². The van der Waals surface area contributed by atoms with Crippen molar-refractivity contribution in [1.29, 1.82) is 0 Å². The molecule has 1 aliphatic carbocycles. The van der Waals surface area contributed by atoms with Crippen LogP contribution < -0.4 is 21.7 Å². The Morgan fingerprint density at radius 3 is 2.87 bits per heavy atom. The van der Waals surface area contributed by atoms with E-state index < -0.39 is 11.5 Å². The summed E-state index contributed by atoms with van der Waals surface area (Å²) < 4.78 is 16.8. The molecule has 0 saturated heterocycles. The number of para-hydroxylation sites is 1. The normalized spacial score (nSPS) is 15.3. The molecular formula is C20H18FN7O2. The van der Waals surface area contributed by atoms with Crippen LogP contribution in [0.5, 0.6) is 5.88 Å². The average Bonchev–Trinajstić information content (AvgIpc) is 3.41. The van der Waals surface area contributed by atoms with Crippen LogP contribution in [0.25, 0.3) is 11.7 Å². The molecule has 0 amide bonds. The van der Waals surface area contributed by atoms with Crippen molar-refractivity contribution in [1.82, 2.24) is 24.1 Å². The molecule has 10 heteroatoms. The predicted molar refractivity (Wildman–Crippen MR) is 108 cm³/mol. The van der Waals surface area contributed by atoms with Gasteiger partial charge in [-0.3, -0.25) is 9.56 Å². The Labute approximate surface area is 168 Å². The highest BCUT2D eigenvalue weighted by atomic mass is 19.1. The summed E-state index contributed by atoms with van der Waals surface area (Å²) in [6.07, 6.45) is 5.18. The van der Waals surface area contributed by atoms with Gasteiger partial charge in [-0.2, -0.15) is 9.61 Å². The maximum atomic E-state index is 14.1. The van der Waals surface area contributed by atoms with Crippen molar-refractivity contribution in [3.05, 3.63) is 69.2 Å². The van der Waals surface area contributed by atoms with Crippen LogP contribution in [0.4, 0.5) is 15.9 Å². The third-order valence-electron chi connectivity index (χ3n) is 4.88. The molecule has 0 bridgehead atoms. The van der Waals surface area contributed by atoms with Crippen LogP contribution in [0.3, 0.4) is 0 Å². The number of nitrogens with one attached hydrogen (secondary N) is 2.